The Morgan fingerprint density at radius 3 is 2.62 bits per heavy atom. The number of nitrogens with zero attached hydrogens (tertiary/aromatic N) is 1. The summed E-state index contributed by atoms with van der Waals surface area (Å²) < 4.78 is 2.22. The number of halogens is 1. The Balaban J connectivity index is 3.02. The third-order valence-electron chi connectivity index (χ3n) is 3.19. The zero-order chi connectivity index (χ0) is 12.3. The highest BCUT2D eigenvalue weighted by molar-refractivity contribution is 6.30. The second kappa shape index (κ2) is 5.53. The molecule has 0 aromatic carbocycles. The van der Waals surface area contributed by atoms with Crippen LogP contribution in [0.1, 0.15) is 42.0 Å². The Kier molecular flexibility index (Phi) is 4.60. The molecule has 1 rings (SSSR count). The maximum absolute atomic E-state index is 11.6. The van der Waals surface area contributed by atoms with Crippen molar-refractivity contribution in [2.75, 3.05) is 5.88 Å². The molecule has 1 heterocycles. The number of alkyl halides is 1. The molecule has 0 aliphatic heterocycles. The maximum atomic E-state index is 11.6. The van der Waals surface area contributed by atoms with E-state index in [0.29, 0.717) is 5.92 Å². The highest BCUT2D eigenvalue weighted by Crippen LogP contribution is 2.18. The molecular weight excluding hydrogens is 222 g/mol. The summed E-state index contributed by atoms with van der Waals surface area (Å²) in [6.07, 6.45) is 1.15. The van der Waals surface area contributed by atoms with E-state index in [0.717, 1.165) is 29.9 Å². The van der Waals surface area contributed by atoms with Gasteiger partial charge in [-0.05, 0) is 25.8 Å². The number of aryl methyl sites for hydroxylation is 1. The van der Waals surface area contributed by atoms with Gasteiger partial charge in [0.25, 0.3) is 0 Å². The van der Waals surface area contributed by atoms with Crippen LogP contribution in [0.15, 0.2) is 6.07 Å². The predicted molar refractivity (Wildman–Crippen MR) is 68.4 cm³/mol. The van der Waals surface area contributed by atoms with E-state index in [1.165, 1.54) is 0 Å². The standard InChI is InChI=1S/C13H20ClNO/c1-5-9(2)8-15-10(3)6-12(11(15)4)13(16)7-14/h6,9H,5,7-8H2,1-4H3. The van der Waals surface area contributed by atoms with Crippen LogP contribution in [0.5, 0.6) is 0 Å². The second-order valence-electron chi connectivity index (χ2n) is 4.47. The molecule has 2 nitrogen and oxygen atoms in total. The minimum atomic E-state index is 0.0187. The lowest BCUT2D eigenvalue weighted by atomic mass is 10.1. The van der Waals surface area contributed by atoms with Gasteiger partial charge >= 0.3 is 0 Å². The summed E-state index contributed by atoms with van der Waals surface area (Å²) in [6, 6.07) is 1.95. The maximum Gasteiger partial charge on any atom is 0.179 e. The topological polar surface area (TPSA) is 22.0 Å². The fraction of sp³-hybridized carbons (Fsp3) is 0.615. The largest absolute Gasteiger partial charge is 0.348 e. The van der Waals surface area contributed by atoms with Gasteiger partial charge in [-0.2, -0.15) is 0 Å². The lowest BCUT2D eigenvalue weighted by Gasteiger charge is -2.14. The molecular formula is C13H20ClNO. The number of carbonyl (C=O) groups excluding carboxylic acids is 1. The summed E-state index contributed by atoms with van der Waals surface area (Å²) in [5, 5.41) is 0. The molecule has 0 fully saturated rings. The van der Waals surface area contributed by atoms with Crippen LogP contribution < -0.4 is 0 Å². The van der Waals surface area contributed by atoms with E-state index in [1.807, 2.05) is 19.9 Å². The lowest BCUT2D eigenvalue weighted by molar-refractivity contribution is 0.102. The third kappa shape index (κ3) is 2.67. The number of rotatable bonds is 5. The Morgan fingerprint density at radius 2 is 2.12 bits per heavy atom. The van der Waals surface area contributed by atoms with Gasteiger partial charge in [-0.1, -0.05) is 20.3 Å². The molecule has 0 aliphatic carbocycles. The fourth-order valence-corrected chi connectivity index (χ4v) is 2.02. The zero-order valence-electron chi connectivity index (χ0n) is 10.5. The van der Waals surface area contributed by atoms with Gasteiger partial charge in [0.15, 0.2) is 5.78 Å². The van der Waals surface area contributed by atoms with Crippen LogP contribution in [-0.4, -0.2) is 16.2 Å². The van der Waals surface area contributed by atoms with Crippen molar-refractivity contribution in [2.45, 2.75) is 40.7 Å². The van der Waals surface area contributed by atoms with Crippen molar-refractivity contribution in [3.63, 3.8) is 0 Å². The van der Waals surface area contributed by atoms with E-state index in [1.54, 1.807) is 0 Å². The molecule has 0 saturated carbocycles. The van der Waals surface area contributed by atoms with Gasteiger partial charge in [-0.3, -0.25) is 4.79 Å². The Morgan fingerprint density at radius 1 is 1.50 bits per heavy atom. The van der Waals surface area contributed by atoms with Crippen LogP contribution in [0.4, 0.5) is 0 Å². The van der Waals surface area contributed by atoms with Crippen LogP contribution in [0.25, 0.3) is 0 Å². The molecule has 16 heavy (non-hydrogen) atoms. The summed E-state index contributed by atoms with van der Waals surface area (Å²) >= 11 is 5.59. The van der Waals surface area contributed by atoms with Gasteiger partial charge in [-0.15, -0.1) is 11.6 Å². The molecule has 0 aliphatic rings. The quantitative estimate of drug-likeness (QED) is 0.571. The predicted octanol–water partition coefficient (Wildman–Crippen LogP) is 3.57. The molecule has 0 amide bonds. The molecule has 1 atom stereocenters. The van der Waals surface area contributed by atoms with Gasteiger partial charge < -0.3 is 4.57 Å². The number of carbonyl (C=O) groups is 1. The molecule has 1 aromatic rings. The minimum absolute atomic E-state index is 0.0187. The zero-order valence-corrected chi connectivity index (χ0v) is 11.3. The minimum Gasteiger partial charge on any atom is -0.348 e. The first-order valence-corrected chi connectivity index (χ1v) is 6.30. The average molecular weight is 242 g/mol. The molecule has 0 spiro atoms. The van der Waals surface area contributed by atoms with Gasteiger partial charge in [0.1, 0.15) is 0 Å². The smallest absolute Gasteiger partial charge is 0.179 e. The number of hydrogen-bond acceptors (Lipinski definition) is 1. The monoisotopic (exact) mass is 241 g/mol. The first kappa shape index (κ1) is 13.3. The number of aromatic nitrogens is 1. The first-order chi connectivity index (χ1) is 7.51. The summed E-state index contributed by atoms with van der Waals surface area (Å²) in [5.41, 5.74) is 2.96. The summed E-state index contributed by atoms with van der Waals surface area (Å²) in [5.74, 6) is 0.710. The van der Waals surface area contributed by atoms with E-state index >= 15 is 0 Å². The summed E-state index contributed by atoms with van der Waals surface area (Å²) in [7, 11) is 0. The highest BCUT2D eigenvalue weighted by atomic mass is 35.5. The van der Waals surface area contributed by atoms with E-state index in [-0.39, 0.29) is 11.7 Å². The van der Waals surface area contributed by atoms with E-state index in [2.05, 4.69) is 18.4 Å². The fourth-order valence-electron chi connectivity index (χ4n) is 1.88. The summed E-state index contributed by atoms with van der Waals surface area (Å²) in [4.78, 5) is 11.6. The average Bonchev–Trinajstić information content (AvgIpc) is 2.55. The molecule has 0 radical (unpaired) electrons. The van der Waals surface area contributed by atoms with Crippen molar-refractivity contribution in [3.8, 4) is 0 Å². The van der Waals surface area contributed by atoms with Gasteiger partial charge in [0, 0.05) is 23.5 Å². The van der Waals surface area contributed by atoms with E-state index in [4.69, 9.17) is 11.6 Å². The molecule has 0 bridgehead atoms. The lowest BCUT2D eigenvalue weighted by Crippen LogP contribution is -2.11. The molecule has 90 valence electrons. The number of Topliss-reactive ketones (excluding diaryl/α,β-unsaturated/α-hetero) is 1. The van der Waals surface area contributed by atoms with Gasteiger partial charge in [-0.25, -0.2) is 0 Å². The van der Waals surface area contributed by atoms with Gasteiger partial charge in [0.05, 0.1) is 5.88 Å². The Bertz CT molecular complexity index is 382. The number of hydrogen-bond donors (Lipinski definition) is 0. The molecule has 3 heteroatoms. The molecule has 1 aromatic heterocycles. The third-order valence-corrected chi connectivity index (χ3v) is 3.43. The van der Waals surface area contributed by atoms with Crippen molar-refractivity contribution >= 4 is 17.4 Å². The van der Waals surface area contributed by atoms with Crippen molar-refractivity contribution in [1.82, 2.24) is 4.57 Å². The van der Waals surface area contributed by atoms with Crippen molar-refractivity contribution < 1.29 is 4.79 Å². The second-order valence-corrected chi connectivity index (χ2v) is 4.73. The van der Waals surface area contributed by atoms with Crippen molar-refractivity contribution in [2.24, 2.45) is 5.92 Å². The van der Waals surface area contributed by atoms with Crippen LogP contribution in [-0.2, 0) is 6.54 Å². The van der Waals surface area contributed by atoms with Gasteiger partial charge in [0.2, 0.25) is 0 Å². The highest BCUT2D eigenvalue weighted by Gasteiger charge is 2.15. The van der Waals surface area contributed by atoms with E-state index in [9.17, 15) is 4.79 Å². The summed E-state index contributed by atoms with van der Waals surface area (Å²) in [6.45, 7) is 9.42. The van der Waals surface area contributed by atoms with Crippen LogP contribution in [0.2, 0.25) is 0 Å². The molecule has 0 saturated heterocycles. The van der Waals surface area contributed by atoms with Crippen molar-refractivity contribution in [1.29, 1.82) is 0 Å². The SMILES string of the molecule is CCC(C)Cn1c(C)cc(C(=O)CCl)c1C. The Hall–Kier alpha value is -0.760. The van der Waals surface area contributed by atoms with E-state index < -0.39 is 0 Å². The molecule has 0 N–H and O–H groups in total. The van der Waals surface area contributed by atoms with Crippen LogP contribution in [0, 0.1) is 19.8 Å². The number of ketones is 1. The first-order valence-electron chi connectivity index (χ1n) is 5.77. The molecule has 1 unspecified atom stereocenters. The van der Waals surface area contributed by atoms with Crippen molar-refractivity contribution in [3.05, 3.63) is 23.0 Å². The normalized spacial score (nSPS) is 12.8. The van der Waals surface area contributed by atoms with Crippen LogP contribution in [0.3, 0.4) is 0 Å². The Labute approximate surface area is 103 Å². The van der Waals surface area contributed by atoms with Crippen LogP contribution >= 0.6 is 11.6 Å².